The van der Waals surface area contributed by atoms with E-state index in [4.69, 9.17) is 0 Å². The molecule has 0 aliphatic carbocycles. The van der Waals surface area contributed by atoms with Crippen molar-refractivity contribution in [3.05, 3.63) is 28.2 Å². The largest absolute Gasteiger partial charge is 0.573 e. The van der Waals surface area contributed by atoms with Crippen molar-refractivity contribution in [3.8, 4) is 5.75 Å². The van der Waals surface area contributed by atoms with Gasteiger partial charge in [0.15, 0.2) is 0 Å². The van der Waals surface area contributed by atoms with Gasteiger partial charge < -0.3 is 10.1 Å². The molecule has 3 nitrogen and oxygen atoms in total. The molecule has 0 unspecified atom stereocenters. The van der Waals surface area contributed by atoms with E-state index in [0.29, 0.717) is 5.56 Å². The predicted molar refractivity (Wildman–Crippen MR) is 97.4 cm³/mol. The third kappa shape index (κ3) is 6.96. The highest BCUT2D eigenvalue weighted by molar-refractivity contribution is 9.10. The van der Waals surface area contributed by atoms with Gasteiger partial charge in [-0.1, -0.05) is 29.3 Å². The zero-order chi connectivity index (χ0) is 16.2. The van der Waals surface area contributed by atoms with Crippen molar-refractivity contribution in [2.75, 3.05) is 26.2 Å². The summed E-state index contributed by atoms with van der Waals surface area (Å²) >= 11 is 3.35. The molecule has 0 spiro atoms. The average Bonchev–Trinajstić information content (AvgIpc) is 2.46. The first kappa shape index (κ1) is 23.8. The van der Waals surface area contributed by atoms with Gasteiger partial charge in [-0.3, -0.25) is 4.90 Å². The Morgan fingerprint density at radius 1 is 1.25 bits per heavy atom. The molecule has 0 amide bonds. The monoisotopic (exact) mass is 452 g/mol. The fraction of sp³-hybridized carbons (Fsp3) is 0.600. The standard InChI is InChI=1S/C15H20BrF3N2O.2ClH/c1-2-3-13(21-8-6-20-7-9-21)12-10-11(16)4-5-14(12)22-15(17,18)19;;/h4-5,10,13,20H,2-3,6-9H2,1H3;2*1H/t13-;;/m1../s1. The molecule has 9 heteroatoms. The van der Waals surface area contributed by atoms with Gasteiger partial charge in [0.05, 0.1) is 0 Å². The number of nitrogens with zero attached hydrogens (tertiary/aromatic N) is 1. The van der Waals surface area contributed by atoms with Gasteiger partial charge in [-0.25, -0.2) is 0 Å². The Morgan fingerprint density at radius 2 is 1.88 bits per heavy atom. The molecule has 0 saturated carbocycles. The van der Waals surface area contributed by atoms with E-state index in [0.717, 1.165) is 43.5 Å². The lowest BCUT2D eigenvalue weighted by Crippen LogP contribution is -2.45. The van der Waals surface area contributed by atoms with Crippen molar-refractivity contribution in [2.24, 2.45) is 0 Å². The summed E-state index contributed by atoms with van der Waals surface area (Å²) in [6.07, 6.45) is -2.99. The van der Waals surface area contributed by atoms with E-state index in [1.54, 1.807) is 12.1 Å². The van der Waals surface area contributed by atoms with Crippen LogP contribution in [0.15, 0.2) is 22.7 Å². The number of halogens is 6. The zero-order valence-electron chi connectivity index (χ0n) is 13.2. The first-order chi connectivity index (χ1) is 10.4. The first-order valence-corrected chi connectivity index (χ1v) is 8.20. The van der Waals surface area contributed by atoms with E-state index < -0.39 is 6.36 Å². The van der Waals surface area contributed by atoms with Crippen LogP contribution >= 0.6 is 40.7 Å². The minimum absolute atomic E-state index is 0. The Hall–Kier alpha value is -0.210. The SMILES string of the molecule is CCC[C@H](c1cc(Br)ccc1OC(F)(F)F)N1CCNCC1.Cl.Cl. The summed E-state index contributed by atoms with van der Waals surface area (Å²) in [5, 5.41) is 3.27. The quantitative estimate of drug-likeness (QED) is 0.683. The summed E-state index contributed by atoms with van der Waals surface area (Å²) in [5.41, 5.74) is 0.593. The highest BCUT2D eigenvalue weighted by Crippen LogP contribution is 2.37. The minimum Gasteiger partial charge on any atom is -0.405 e. The van der Waals surface area contributed by atoms with Crippen LogP contribution in [-0.4, -0.2) is 37.4 Å². The van der Waals surface area contributed by atoms with Gasteiger partial charge in [-0.2, -0.15) is 0 Å². The van der Waals surface area contributed by atoms with Gasteiger partial charge in [-0.15, -0.1) is 38.0 Å². The molecule has 1 fully saturated rings. The molecular weight excluding hydrogens is 432 g/mol. The second-order valence-corrected chi connectivity index (χ2v) is 6.24. The maximum atomic E-state index is 12.7. The number of piperazine rings is 1. The number of benzene rings is 1. The number of hydrogen-bond donors (Lipinski definition) is 1. The lowest BCUT2D eigenvalue weighted by atomic mass is 9.99. The van der Waals surface area contributed by atoms with Crippen molar-refractivity contribution in [3.63, 3.8) is 0 Å². The maximum absolute atomic E-state index is 12.7. The second-order valence-electron chi connectivity index (χ2n) is 5.32. The van der Waals surface area contributed by atoms with Crippen LogP contribution in [0.4, 0.5) is 13.2 Å². The van der Waals surface area contributed by atoms with Gasteiger partial charge in [-0.05, 0) is 24.6 Å². The summed E-state index contributed by atoms with van der Waals surface area (Å²) in [6.45, 7) is 5.39. The lowest BCUT2D eigenvalue weighted by Gasteiger charge is -2.36. The van der Waals surface area contributed by atoms with Crippen LogP contribution in [0.3, 0.4) is 0 Å². The average molecular weight is 454 g/mol. The summed E-state index contributed by atoms with van der Waals surface area (Å²) in [7, 11) is 0. The molecule has 0 bridgehead atoms. The van der Waals surface area contributed by atoms with Crippen molar-refractivity contribution < 1.29 is 17.9 Å². The van der Waals surface area contributed by atoms with Gasteiger partial charge in [0.2, 0.25) is 0 Å². The highest BCUT2D eigenvalue weighted by Gasteiger charge is 2.34. The van der Waals surface area contributed by atoms with Crippen LogP contribution in [0.5, 0.6) is 5.75 Å². The Balaban J connectivity index is 0.00000264. The van der Waals surface area contributed by atoms with Crippen LogP contribution in [0.25, 0.3) is 0 Å². The van der Waals surface area contributed by atoms with Crippen molar-refractivity contribution in [2.45, 2.75) is 32.2 Å². The van der Waals surface area contributed by atoms with Crippen molar-refractivity contribution in [1.82, 2.24) is 10.2 Å². The molecule has 1 heterocycles. The highest BCUT2D eigenvalue weighted by atomic mass is 79.9. The Kier molecular flexibility index (Phi) is 10.6. The molecule has 1 N–H and O–H groups in total. The van der Waals surface area contributed by atoms with E-state index >= 15 is 0 Å². The minimum atomic E-state index is -4.68. The van der Waals surface area contributed by atoms with Crippen LogP contribution in [0.1, 0.15) is 31.4 Å². The number of hydrogen-bond acceptors (Lipinski definition) is 3. The topological polar surface area (TPSA) is 24.5 Å². The molecule has 0 aromatic heterocycles. The molecule has 1 aliphatic heterocycles. The third-order valence-corrected chi connectivity index (χ3v) is 4.20. The fourth-order valence-electron chi connectivity index (χ4n) is 2.80. The van der Waals surface area contributed by atoms with E-state index in [1.165, 1.54) is 6.07 Å². The van der Waals surface area contributed by atoms with Gasteiger partial charge in [0, 0.05) is 42.3 Å². The van der Waals surface area contributed by atoms with Crippen molar-refractivity contribution >= 4 is 40.7 Å². The summed E-state index contributed by atoms with van der Waals surface area (Å²) in [6, 6.07) is 4.63. The van der Waals surface area contributed by atoms with Gasteiger partial charge in [0.1, 0.15) is 5.75 Å². The fourth-order valence-corrected chi connectivity index (χ4v) is 3.18. The number of rotatable bonds is 5. The Bertz CT molecular complexity index is 500. The molecular formula is C15H22BrCl2F3N2O. The first-order valence-electron chi connectivity index (χ1n) is 7.40. The molecule has 0 radical (unpaired) electrons. The summed E-state index contributed by atoms with van der Waals surface area (Å²) < 4.78 is 43.0. The van der Waals surface area contributed by atoms with E-state index in [9.17, 15) is 13.2 Å². The number of ether oxygens (including phenoxy) is 1. The predicted octanol–water partition coefficient (Wildman–Crippen LogP) is 4.94. The molecule has 24 heavy (non-hydrogen) atoms. The molecule has 1 aliphatic rings. The normalized spacial score (nSPS) is 16.7. The van der Waals surface area contributed by atoms with Crippen LogP contribution in [0, 0.1) is 0 Å². The Morgan fingerprint density at radius 3 is 2.42 bits per heavy atom. The summed E-state index contributed by atoms with van der Waals surface area (Å²) in [4.78, 5) is 2.23. The van der Waals surface area contributed by atoms with Crippen LogP contribution in [0.2, 0.25) is 0 Å². The van der Waals surface area contributed by atoms with E-state index in [2.05, 4.69) is 30.9 Å². The maximum Gasteiger partial charge on any atom is 0.573 e. The van der Waals surface area contributed by atoms with Gasteiger partial charge in [0.25, 0.3) is 0 Å². The Labute approximate surface area is 161 Å². The molecule has 1 aromatic carbocycles. The van der Waals surface area contributed by atoms with E-state index in [-0.39, 0.29) is 36.6 Å². The number of nitrogens with one attached hydrogen (secondary N) is 1. The van der Waals surface area contributed by atoms with Gasteiger partial charge >= 0.3 is 6.36 Å². The summed E-state index contributed by atoms with van der Waals surface area (Å²) in [5.74, 6) is -0.104. The van der Waals surface area contributed by atoms with Crippen molar-refractivity contribution in [1.29, 1.82) is 0 Å². The van der Waals surface area contributed by atoms with E-state index in [1.807, 2.05) is 6.92 Å². The molecule has 140 valence electrons. The lowest BCUT2D eigenvalue weighted by molar-refractivity contribution is -0.275. The second kappa shape index (κ2) is 10.7. The van der Waals surface area contributed by atoms with Crippen LogP contribution < -0.4 is 10.1 Å². The number of alkyl halides is 3. The molecule has 1 saturated heterocycles. The smallest absolute Gasteiger partial charge is 0.405 e. The molecule has 1 atom stereocenters. The van der Waals surface area contributed by atoms with Crippen LogP contribution in [-0.2, 0) is 0 Å². The zero-order valence-corrected chi connectivity index (χ0v) is 16.5. The molecule has 1 aromatic rings. The third-order valence-electron chi connectivity index (χ3n) is 3.71. The molecule has 2 rings (SSSR count).